The largest absolute Gasteiger partial charge is 0.465 e. The van der Waals surface area contributed by atoms with Gasteiger partial charge in [0.2, 0.25) is 11.8 Å². The third kappa shape index (κ3) is 3.76. The minimum Gasteiger partial charge on any atom is -0.465 e. The molecule has 0 bridgehead atoms. The summed E-state index contributed by atoms with van der Waals surface area (Å²) >= 11 is 0. The summed E-state index contributed by atoms with van der Waals surface area (Å²) in [7, 11) is 0. The number of fused-ring (bicyclic) bond motifs is 3. The van der Waals surface area contributed by atoms with Crippen LogP contribution in [0.15, 0.2) is 60.7 Å². The second-order valence-corrected chi connectivity index (χ2v) is 9.62. The molecule has 0 aromatic heterocycles. The summed E-state index contributed by atoms with van der Waals surface area (Å²) in [5.74, 6) is -4.47. The normalized spacial score (nSPS) is 31.1. The highest BCUT2D eigenvalue weighted by atomic mass is 16.5. The maximum Gasteiger partial charge on any atom is 0.327 e. The van der Waals surface area contributed by atoms with E-state index in [2.05, 4.69) is 0 Å². The molecule has 9 heteroatoms. The van der Waals surface area contributed by atoms with E-state index < -0.39 is 59.3 Å². The Balaban J connectivity index is 1.75. The van der Waals surface area contributed by atoms with Gasteiger partial charge in [0, 0.05) is 12.5 Å². The van der Waals surface area contributed by atoms with E-state index in [9.17, 15) is 24.3 Å². The van der Waals surface area contributed by atoms with Crippen molar-refractivity contribution < 1.29 is 33.8 Å². The molecule has 2 aromatic carbocycles. The quantitative estimate of drug-likeness (QED) is 0.469. The number of carbonyl (C=O) groups excluding carboxylic acids is 4. The standard InChI is InChI=1S/C28H30N2O7/c1-3-36-26(34)20-15-19(31)16-28(27(35)37-4-2)22-21(23(30(20)28)17-11-7-5-8-12-17)24(32)29(25(22)33)18-13-9-6-10-14-18/h5-14,19-23,31H,3-4,15-16H2,1-2H3/t19-,20-,21-,22-,23-,28-/m1/s1. The number of para-hydroxylation sites is 1. The molecular formula is C28H30N2O7. The third-order valence-corrected chi connectivity index (χ3v) is 7.69. The van der Waals surface area contributed by atoms with E-state index in [1.165, 1.54) is 0 Å². The smallest absolute Gasteiger partial charge is 0.327 e. The van der Waals surface area contributed by atoms with E-state index >= 15 is 0 Å². The summed E-state index contributed by atoms with van der Waals surface area (Å²) in [4.78, 5) is 58.1. The first-order valence-corrected chi connectivity index (χ1v) is 12.6. The van der Waals surface area contributed by atoms with Gasteiger partial charge in [-0.1, -0.05) is 48.5 Å². The van der Waals surface area contributed by atoms with Gasteiger partial charge in [0.15, 0.2) is 0 Å². The minimum absolute atomic E-state index is 0.00748. The molecule has 9 nitrogen and oxygen atoms in total. The van der Waals surface area contributed by atoms with Gasteiger partial charge in [0.1, 0.15) is 11.6 Å². The van der Waals surface area contributed by atoms with E-state index in [4.69, 9.17) is 9.47 Å². The summed E-state index contributed by atoms with van der Waals surface area (Å²) in [6.45, 7) is 3.47. The molecule has 3 aliphatic rings. The molecular weight excluding hydrogens is 476 g/mol. The van der Waals surface area contributed by atoms with Gasteiger partial charge < -0.3 is 14.6 Å². The number of carbonyl (C=O) groups is 4. The van der Waals surface area contributed by atoms with Crippen LogP contribution in [-0.4, -0.2) is 64.7 Å². The van der Waals surface area contributed by atoms with Gasteiger partial charge in [-0.15, -0.1) is 0 Å². The zero-order valence-electron chi connectivity index (χ0n) is 20.8. The number of aliphatic hydroxyl groups excluding tert-OH is 1. The van der Waals surface area contributed by atoms with Gasteiger partial charge in [-0.3, -0.25) is 24.1 Å². The first kappa shape index (κ1) is 25.1. The van der Waals surface area contributed by atoms with Crippen LogP contribution in [0.25, 0.3) is 0 Å². The molecule has 3 aliphatic heterocycles. The molecule has 6 atom stereocenters. The van der Waals surface area contributed by atoms with Gasteiger partial charge in [0.05, 0.1) is 36.8 Å². The molecule has 0 saturated carbocycles. The SMILES string of the molecule is CCOC(=O)[C@H]1C[C@@H](O)C[C@]2(C(=O)OCC)[C@H]3C(=O)N(c4ccccc4)C(=O)[C@H]3[C@@H](c3ccccc3)N12. The summed E-state index contributed by atoms with van der Waals surface area (Å²) in [5.41, 5.74) is -0.639. The maximum absolute atomic E-state index is 14.1. The molecule has 1 N–H and O–H groups in total. The highest BCUT2D eigenvalue weighted by molar-refractivity contribution is 6.24. The predicted molar refractivity (Wildman–Crippen MR) is 132 cm³/mol. The number of rotatable bonds is 6. The molecule has 3 heterocycles. The highest BCUT2D eigenvalue weighted by Crippen LogP contribution is 2.60. The Morgan fingerprint density at radius 2 is 1.57 bits per heavy atom. The highest BCUT2D eigenvalue weighted by Gasteiger charge is 2.75. The van der Waals surface area contributed by atoms with E-state index in [0.717, 1.165) is 4.90 Å². The number of hydrogen-bond acceptors (Lipinski definition) is 8. The summed E-state index contributed by atoms with van der Waals surface area (Å²) < 4.78 is 10.9. The van der Waals surface area contributed by atoms with Gasteiger partial charge in [-0.05, 0) is 38.0 Å². The fourth-order valence-corrected chi connectivity index (χ4v) is 6.48. The Morgan fingerprint density at radius 1 is 0.946 bits per heavy atom. The van der Waals surface area contributed by atoms with Crippen LogP contribution in [0, 0.1) is 11.8 Å². The van der Waals surface area contributed by atoms with Crippen LogP contribution in [0.3, 0.4) is 0 Å². The Kier molecular flexibility index (Phi) is 6.59. The number of benzene rings is 2. The number of anilines is 1. The van der Waals surface area contributed by atoms with Crippen molar-refractivity contribution in [2.75, 3.05) is 18.1 Å². The van der Waals surface area contributed by atoms with Crippen molar-refractivity contribution >= 4 is 29.4 Å². The molecule has 0 spiro atoms. The lowest BCUT2D eigenvalue weighted by atomic mass is 9.73. The Labute approximate surface area is 214 Å². The van der Waals surface area contributed by atoms with Crippen molar-refractivity contribution in [2.24, 2.45) is 11.8 Å². The second-order valence-electron chi connectivity index (χ2n) is 9.62. The zero-order chi connectivity index (χ0) is 26.3. The topological polar surface area (TPSA) is 113 Å². The number of hydrogen-bond donors (Lipinski definition) is 1. The Bertz CT molecular complexity index is 1200. The van der Waals surface area contributed by atoms with Gasteiger partial charge in [0.25, 0.3) is 0 Å². The third-order valence-electron chi connectivity index (χ3n) is 7.69. The van der Waals surface area contributed by atoms with Crippen LogP contribution in [0.4, 0.5) is 5.69 Å². The van der Waals surface area contributed by atoms with Crippen LogP contribution >= 0.6 is 0 Å². The molecule has 0 radical (unpaired) electrons. The number of nitrogens with zero attached hydrogens (tertiary/aromatic N) is 2. The number of esters is 2. The first-order valence-electron chi connectivity index (χ1n) is 12.6. The lowest BCUT2D eigenvalue weighted by molar-refractivity contribution is -0.180. The van der Waals surface area contributed by atoms with Crippen molar-refractivity contribution in [3.8, 4) is 0 Å². The van der Waals surface area contributed by atoms with Gasteiger partial charge in [-0.2, -0.15) is 0 Å². The molecule has 0 aliphatic carbocycles. The zero-order valence-corrected chi connectivity index (χ0v) is 20.8. The van der Waals surface area contributed by atoms with Crippen LogP contribution < -0.4 is 4.90 Å². The number of piperidine rings is 1. The summed E-state index contributed by atoms with van der Waals surface area (Å²) in [6, 6.07) is 15.8. The van der Waals surface area contributed by atoms with E-state index in [1.807, 2.05) is 30.3 Å². The molecule has 194 valence electrons. The Morgan fingerprint density at radius 3 is 2.19 bits per heavy atom. The van der Waals surface area contributed by atoms with Gasteiger partial charge >= 0.3 is 11.9 Å². The monoisotopic (exact) mass is 506 g/mol. The van der Waals surface area contributed by atoms with Crippen molar-refractivity contribution in [2.45, 2.75) is 50.4 Å². The number of amides is 2. The van der Waals surface area contributed by atoms with Crippen LogP contribution in [0.2, 0.25) is 0 Å². The predicted octanol–water partition coefficient (Wildman–Crippen LogP) is 2.24. The number of aliphatic hydroxyl groups is 1. The number of imide groups is 1. The van der Waals surface area contributed by atoms with Crippen molar-refractivity contribution in [3.05, 3.63) is 66.2 Å². The van der Waals surface area contributed by atoms with Crippen molar-refractivity contribution in [1.29, 1.82) is 0 Å². The first-order chi connectivity index (χ1) is 17.9. The van der Waals surface area contributed by atoms with Gasteiger partial charge in [-0.25, -0.2) is 4.90 Å². The Hall–Kier alpha value is -3.56. The fourth-order valence-electron chi connectivity index (χ4n) is 6.48. The molecule has 2 amide bonds. The van der Waals surface area contributed by atoms with E-state index in [1.54, 1.807) is 49.1 Å². The maximum atomic E-state index is 14.1. The second kappa shape index (κ2) is 9.72. The summed E-state index contributed by atoms with van der Waals surface area (Å²) in [5, 5.41) is 11.0. The molecule has 0 unspecified atom stereocenters. The molecule has 2 aromatic rings. The average Bonchev–Trinajstić information content (AvgIpc) is 3.35. The lowest BCUT2D eigenvalue weighted by Gasteiger charge is -2.49. The van der Waals surface area contributed by atoms with Crippen molar-refractivity contribution in [1.82, 2.24) is 4.90 Å². The lowest BCUT2D eigenvalue weighted by Crippen LogP contribution is -2.67. The van der Waals surface area contributed by atoms with Crippen LogP contribution in [0.1, 0.15) is 38.3 Å². The average molecular weight is 507 g/mol. The van der Waals surface area contributed by atoms with Crippen LogP contribution in [0.5, 0.6) is 0 Å². The molecule has 5 rings (SSSR count). The van der Waals surface area contributed by atoms with E-state index in [-0.39, 0.29) is 26.1 Å². The molecule has 3 fully saturated rings. The van der Waals surface area contributed by atoms with Crippen LogP contribution in [-0.2, 0) is 28.7 Å². The number of ether oxygens (including phenoxy) is 2. The fraction of sp³-hybridized carbons (Fsp3) is 0.429. The minimum atomic E-state index is -1.73. The van der Waals surface area contributed by atoms with E-state index in [0.29, 0.717) is 11.3 Å². The van der Waals surface area contributed by atoms with Crippen molar-refractivity contribution in [3.63, 3.8) is 0 Å². The molecule has 3 saturated heterocycles. The summed E-state index contributed by atoms with van der Waals surface area (Å²) in [6.07, 6.45) is -1.22. The molecule has 37 heavy (non-hydrogen) atoms.